The van der Waals surface area contributed by atoms with Crippen molar-refractivity contribution in [1.29, 1.82) is 0 Å². The Morgan fingerprint density at radius 3 is 2.83 bits per heavy atom. The molecular weight excluding hydrogens is 328 g/mol. The van der Waals surface area contributed by atoms with Gasteiger partial charge in [0.2, 0.25) is 5.91 Å². The van der Waals surface area contributed by atoms with Crippen molar-refractivity contribution in [2.75, 3.05) is 26.8 Å². The zero-order valence-corrected chi connectivity index (χ0v) is 14.5. The van der Waals surface area contributed by atoms with E-state index < -0.39 is 0 Å². The van der Waals surface area contributed by atoms with Crippen LogP contribution in [0.25, 0.3) is 10.8 Å². The van der Waals surface area contributed by atoms with Crippen LogP contribution in [0.15, 0.2) is 36.4 Å². The number of nitrogens with one attached hydrogen (secondary N) is 2. The van der Waals surface area contributed by atoms with Crippen LogP contribution in [0.2, 0.25) is 0 Å². The first-order valence-corrected chi connectivity index (χ1v) is 7.90. The van der Waals surface area contributed by atoms with E-state index in [-0.39, 0.29) is 24.4 Å². The summed E-state index contributed by atoms with van der Waals surface area (Å²) in [6, 6.07) is 12.1. The molecule has 0 radical (unpaired) electrons. The number of hydrogen-bond donors (Lipinski definition) is 2. The standard InChI is InChI=1S/C18H22N2O3.ClH/c1-22-16-5-4-14-8-13(2-3-15(14)9-16)11-20-18(21)10-17-12-19-6-7-23-17;/h2-5,8-9,17,19H,6-7,10-12H2,1H3,(H,20,21);1H. The summed E-state index contributed by atoms with van der Waals surface area (Å²) in [5.41, 5.74) is 1.08. The van der Waals surface area contributed by atoms with Crippen molar-refractivity contribution in [2.45, 2.75) is 19.1 Å². The smallest absolute Gasteiger partial charge is 0.222 e. The topological polar surface area (TPSA) is 59.6 Å². The number of carbonyl (C=O) groups excluding carboxylic acids is 1. The van der Waals surface area contributed by atoms with Crippen LogP contribution in [-0.4, -0.2) is 38.8 Å². The number of carbonyl (C=O) groups is 1. The lowest BCUT2D eigenvalue weighted by Crippen LogP contribution is -2.41. The van der Waals surface area contributed by atoms with Crippen molar-refractivity contribution in [3.8, 4) is 5.75 Å². The van der Waals surface area contributed by atoms with Gasteiger partial charge in [-0.05, 0) is 34.5 Å². The highest BCUT2D eigenvalue weighted by Crippen LogP contribution is 2.21. The van der Waals surface area contributed by atoms with Gasteiger partial charge in [0.1, 0.15) is 5.75 Å². The lowest BCUT2D eigenvalue weighted by Gasteiger charge is -2.23. The Labute approximate surface area is 148 Å². The number of methoxy groups -OCH3 is 1. The van der Waals surface area contributed by atoms with Crippen LogP contribution in [-0.2, 0) is 16.1 Å². The van der Waals surface area contributed by atoms with Gasteiger partial charge in [-0.1, -0.05) is 18.2 Å². The molecule has 0 saturated carbocycles. The first-order valence-electron chi connectivity index (χ1n) is 7.90. The fourth-order valence-electron chi connectivity index (χ4n) is 2.74. The number of halogens is 1. The highest BCUT2D eigenvalue weighted by atomic mass is 35.5. The predicted octanol–water partition coefficient (Wildman–Crippen LogP) is 2.26. The first-order chi connectivity index (χ1) is 11.2. The van der Waals surface area contributed by atoms with E-state index in [1.165, 1.54) is 0 Å². The van der Waals surface area contributed by atoms with Gasteiger partial charge in [-0.25, -0.2) is 0 Å². The summed E-state index contributed by atoms with van der Waals surface area (Å²) in [5, 5.41) is 8.45. The Morgan fingerprint density at radius 2 is 2.08 bits per heavy atom. The lowest BCUT2D eigenvalue weighted by molar-refractivity contribution is -0.124. The minimum Gasteiger partial charge on any atom is -0.497 e. The van der Waals surface area contributed by atoms with Crippen molar-refractivity contribution in [1.82, 2.24) is 10.6 Å². The Hall–Kier alpha value is -1.82. The van der Waals surface area contributed by atoms with Gasteiger partial charge in [-0.2, -0.15) is 0 Å². The van der Waals surface area contributed by atoms with Gasteiger partial charge in [0, 0.05) is 19.6 Å². The average molecular weight is 351 g/mol. The molecule has 2 N–H and O–H groups in total. The van der Waals surface area contributed by atoms with E-state index in [0.717, 1.165) is 35.2 Å². The Bertz CT molecular complexity index is 687. The molecule has 0 aromatic heterocycles. The maximum absolute atomic E-state index is 12.0. The molecular formula is C18H23ClN2O3. The fourth-order valence-corrected chi connectivity index (χ4v) is 2.74. The van der Waals surface area contributed by atoms with Crippen molar-refractivity contribution >= 4 is 29.1 Å². The number of amides is 1. The maximum Gasteiger partial charge on any atom is 0.222 e. The fraction of sp³-hybridized carbons (Fsp3) is 0.389. The molecule has 0 bridgehead atoms. The summed E-state index contributed by atoms with van der Waals surface area (Å²) in [6.07, 6.45) is 0.380. The third-order valence-corrected chi connectivity index (χ3v) is 4.02. The zero-order chi connectivity index (χ0) is 16.1. The van der Waals surface area contributed by atoms with Crippen LogP contribution in [0.5, 0.6) is 5.75 Å². The van der Waals surface area contributed by atoms with Crippen LogP contribution in [0.4, 0.5) is 0 Å². The molecule has 6 heteroatoms. The lowest BCUT2D eigenvalue weighted by atomic mass is 10.1. The van der Waals surface area contributed by atoms with Crippen LogP contribution in [0, 0.1) is 0 Å². The maximum atomic E-state index is 12.0. The predicted molar refractivity (Wildman–Crippen MR) is 96.8 cm³/mol. The van der Waals surface area contributed by atoms with E-state index in [1.807, 2.05) is 30.3 Å². The van der Waals surface area contributed by atoms with Crippen LogP contribution >= 0.6 is 12.4 Å². The van der Waals surface area contributed by atoms with Crippen molar-refractivity contribution in [3.05, 3.63) is 42.0 Å². The summed E-state index contributed by atoms with van der Waals surface area (Å²) < 4.78 is 10.8. The summed E-state index contributed by atoms with van der Waals surface area (Å²) in [4.78, 5) is 12.0. The molecule has 1 aliphatic heterocycles. The number of fused-ring (bicyclic) bond motifs is 1. The Kier molecular flexibility index (Phi) is 6.85. The van der Waals surface area contributed by atoms with E-state index in [1.54, 1.807) is 7.11 Å². The van der Waals surface area contributed by atoms with Crippen molar-refractivity contribution < 1.29 is 14.3 Å². The number of hydrogen-bond acceptors (Lipinski definition) is 4. The molecule has 24 heavy (non-hydrogen) atoms. The summed E-state index contributed by atoms with van der Waals surface area (Å²) >= 11 is 0. The van der Waals surface area contributed by atoms with Gasteiger partial charge < -0.3 is 20.1 Å². The number of morpholine rings is 1. The highest BCUT2D eigenvalue weighted by Gasteiger charge is 2.16. The van der Waals surface area contributed by atoms with E-state index in [4.69, 9.17) is 9.47 Å². The summed E-state index contributed by atoms with van der Waals surface area (Å²) in [7, 11) is 1.66. The normalized spacial score (nSPS) is 17.1. The van der Waals surface area contributed by atoms with Gasteiger partial charge >= 0.3 is 0 Å². The largest absolute Gasteiger partial charge is 0.497 e. The quantitative estimate of drug-likeness (QED) is 0.868. The van der Waals surface area contributed by atoms with Crippen molar-refractivity contribution in [2.24, 2.45) is 0 Å². The third kappa shape index (κ3) is 4.84. The van der Waals surface area contributed by atoms with Gasteiger partial charge in [0.15, 0.2) is 0 Å². The summed E-state index contributed by atoms with van der Waals surface area (Å²) in [6.45, 7) is 2.80. The minimum atomic E-state index is -0.0205. The van der Waals surface area contributed by atoms with Gasteiger partial charge in [-0.15, -0.1) is 12.4 Å². The van der Waals surface area contributed by atoms with Gasteiger partial charge in [0.25, 0.3) is 0 Å². The van der Waals surface area contributed by atoms with Crippen LogP contribution in [0.3, 0.4) is 0 Å². The summed E-state index contributed by atoms with van der Waals surface area (Å²) in [5.74, 6) is 0.869. The molecule has 1 amide bonds. The van der Waals surface area contributed by atoms with E-state index in [2.05, 4.69) is 16.7 Å². The van der Waals surface area contributed by atoms with E-state index in [0.29, 0.717) is 19.6 Å². The second kappa shape index (κ2) is 8.87. The van der Waals surface area contributed by atoms with Gasteiger partial charge in [0.05, 0.1) is 26.2 Å². The Morgan fingerprint density at radius 1 is 1.29 bits per heavy atom. The number of benzene rings is 2. The molecule has 0 aliphatic carbocycles. The molecule has 1 aliphatic rings. The zero-order valence-electron chi connectivity index (χ0n) is 13.7. The average Bonchev–Trinajstić information content (AvgIpc) is 2.60. The number of rotatable bonds is 5. The molecule has 130 valence electrons. The second-order valence-electron chi connectivity index (χ2n) is 5.73. The van der Waals surface area contributed by atoms with E-state index >= 15 is 0 Å². The van der Waals surface area contributed by atoms with Crippen LogP contribution < -0.4 is 15.4 Å². The van der Waals surface area contributed by atoms with Gasteiger partial charge in [-0.3, -0.25) is 4.79 Å². The SMILES string of the molecule is COc1ccc2cc(CNC(=O)CC3CNCCO3)ccc2c1.Cl. The molecule has 1 heterocycles. The molecule has 2 aromatic rings. The monoisotopic (exact) mass is 350 g/mol. The molecule has 3 rings (SSSR count). The first kappa shape index (κ1) is 18.5. The van der Waals surface area contributed by atoms with E-state index in [9.17, 15) is 4.79 Å². The molecule has 1 saturated heterocycles. The molecule has 1 atom stereocenters. The van der Waals surface area contributed by atoms with Crippen molar-refractivity contribution in [3.63, 3.8) is 0 Å². The minimum absolute atomic E-state index is 0. The molecule has 1 unspecified atom stereocenters. The molecule has 2 aromatic carbocycles. The van der Waals surface area contributed by atoms with Crippen LogP contribution in [0.1, 0.15) is 12.0 Å². The molecule has 1 fully saturated rings. The molecule has 0 spiro atoms. The number of ether oxygens (including phenoxy) is 2. The Balaban J connectivity index is 0.00000208. The highest BCUT2D eigenvalue weighted by molar-refractivity contribution is 5.85. The molecule has 5 nitrogen and oxygen atoms in total. The third-order valence-electron chi connectivity index (χ3n) is 4.02. The second-order valence-corrected chi connectivity index (χ2v) is 5.73.